The normalized spacial score (nSPS) is 9.30. The first-order chi connectivity index (χ1) is 4.93. The number of hydrogen-bond donors (Lipinski definition) is 1. The first-order valence-electron chi connectivity index (χ1n) is 3.25. The van der Waals surface area contributed by atoms with Crippen molar-refractivity contribution in [1.29, 1.82) is 0 Å². The Morgan fingerprint density at radius 3 is 2.70 bits per heavy atom. The third-order valence-electron chi connectivity index (χ3n) is 1.06. The Morgan fingerprint density at radius 1 is 1.40 bits per heavy atom. The van der Waals surface area contributed by atoms with E-state index in [1.807, 2.05) is 12.1 Å². The summed E-state index contributed by atoms with van der Waals surface area (Å²) in [7, 11) is 0. The number of ether oxygens (including phenoxy) is 1. The molecule has 1 rings (SSSR count). The Kier molecular flexibility index (Phi) is 2.70. The van der Waals surface area contributed by atoms with Gasteiger partial charge in [0.15, 0.2) is 0 Å². The lowest BCUT2D eigenvalue weighted by Crippen LogP contribution is -2.52. The van der Waals surface area contributed by atoms with Crippen LogP contribution in [0.5, 0.6) is 5.75 Å². The van der Waals surface area contributed by atoms with Gasteiger partial charge < -0.3 is 10.5 Å². The molecular weight excluding hydrogens is 128 g/mol. The molecule has 1 aromatic rings. The molecule has 10 heavy (non-hydrogen) atoms. The second kappa shape index (κ2) is 3.85. The summed E-state index contributed by atoms with van der Waals surface area (Å²) in [6.07, 6.45) is 3.41. The maximum absolute atomic E-state index is 5.25. The van der Waals surface area contributed by atoms with E-state index in [0.717, 1.165) is 12.3 Å². The Hall–Kier alpha value is -1.09. The van der Waals surface area contributed by atoms with E-state index in [1.54, 1.807) is 12.4 Å². The average Bonchev–Trinajstić information content (AvgIpc) is 2.03. The second-order valence-corrected chi connectivity index (χ2v) is 1.88. The molecule has 3 N–H and O–H groups in total. The molecule has 0 spiro atoms. The van der Waals surface area contributed by atoms with Gasteiger partial charge in [0.25, 0.3) is 0 Å². The van der Waals surface area contributed by atoms with E-state index in [2.05, 4.69) is 10.7 Å². The highest BCUT2D eigenvalue weighted by Crippen LogP contribution is 2.05. The van der Waals surface area contributed by atoms with Gasteiger partial charge >= 0.3 is 0 Å². The molecule has 3 heteroatoms. The first kappa shape index (κ1) is 7.02. The number of pyridine rings is 1. The van der Waals surface area contributed by atoms with Crippen LogP contribution in [0.15, 0.2) is 24.5 Å². The summed E-state index contributed by atoms with van der Waals surface area (Å²) in [4.78, 5) is 3.86. The van der Waals surface area contributed by atoms with E-state index in [9.17, 15) is 0 Å². The average molecular weight is 139 g/mol. The lowest BCUT2D eigenvalue weighted by atomic mass is 10.4. The van der Waals surface area contributed by atoms with Gasteiger partial charge in [0, 0.05) is 12.4 Å². The van der Waals surface area contributed by atoms with Crippen molar-refractivity contribution in [2.75, 3.05) is 13.2 Å². The number of rotatable bonds is 3. The summed E-state index contributed by atoms with van der Waals surface area (Å²) < 4.78 is 5.25. The lowest BCUT2D eigenvalue weighted by molar-refractivity contribution is -0.370. The molecule has 0 saturated heterocycles. The molecule has 0 amide bonds. The van der Waals surface area contributed by atoms with Crippen LogP contribution in [0.25, 0.3) is 0 Å². The van der Waals surface area contributed by atoms with Crippen LogP contribution < -0.4 is 10.5 Å². The lowest BCUT2D eigenvalue weighted by Gasteiger charge is -2.00. The van der Waals surface area contributed by atoms with Gasteiger partial charge in [-0.3, -0.25) is 4.98 Å². The van der Waals surface area contributed by atoms with E-state index in [-0.39, 0.29) is 0 Å². The highest BCUT2D eigenvalue weighted by atomic mass is 16.5. The van der Waals surface area contributed by atoms with Gasteiger partial charge in [-0.2, -0.15) is 0 Å². The number of quaternary nitrogens is 1. The van der Waals surface area contributed by atoms with Crippen molar-refractivity contribution in [3.63, 3.8) is 0 Å². The fourth-order valence-corrected chi connectivity index (χ4v) is 0.624. The summed E-state index contributed by atoms with van der Waals surface area (Å²) in [5.74, 6) is 0.860. The Morgan fingerprint density at radius 2 is 2.10 bits per heavy atom. The maximum Gasteiger partial charge on any atom is 0.137 e. The second-order valence-electron chi connectivity index (χ2n) is 1.88. The van der Waals surface area contributed by atoms with Crippen molar-refractivity contribution in [2.24, 2.45) is 0 Å². The Labute approximate surface area is 59.8 Å². The van der Waals surface area contributed by atoms with Crippen molar-refractivity contribution >= 4 is 0 Å². The van der Waals surface area contributed by atoms with E-state index in [4.69, 9.17) is 4.74 Å². The third kappa shape index (κ3) is 2.03. The van der Waals surface area contributed by atoms with Crippen molar-refractivity contribution in [2.45, 2.75) is 0 Å². The minimum absolute atomic E-state index is 0.671. The number of hydrogen-bond acceptors (Lipinski definition) is 2. The molecule has 54 valence electrons. The van der Waals surface area contributed by atoms with Crippen LogP contribution in [0.2, 0.25) is 0 Å². The fraction of sp³-hybridized carbons (Fsp3) is 0.286. The molecule has 0 unspecified atom stereocenters. The van der Waals surface area contributed by atoms with Gasteiger partial charge in [-0.15, -0.1) is 0 Å². The molecule has 0 radical (unpaired) electrons. The van der Waals surface area contributed by atoms with Crippen molar-refractivity contribution in [1.82, 2.24) is 4.98 Å². The van der Waals surface area contributed by atoms with Crippen molar-refractivity contribution in [3.8, 4) is 5.75 Å². The van der Waals surface area contributed by atoms with E-state index in [0.29, 0.717) is 6.61 Å². The zero-order valence-electron chi connectivity index (χ0n) is 5.79. The Balaban J connectivity index is 2.43. The van der Waals surface area contributed by atoms with Gasteiger partial charge in [0.05, 0.1) is 0 Å². The van der Waals surface area contributed by atoms with Gasteiger partial charge in [-0.25, -0.2) is 0 Å². The molecule has 0 aliphatic rings. The summed E-state index contributed by atoms with van der Waals surface area (Å²) in [5.41, 5.74) is 3.66. The van der Waals surface area contributed by atoms with Crippen molar-refractivity contribution < 1.29 is 10.5 Å². The van der Waals surface area contributed by atoms with Gasteiger partial charge in [0.1, 0.15) is 18.9 Å². The molecule has 1 heterocycles. The van der Waals surface area contributed by atoms with E-state index in [1.165, 1.54) is 0 Å². The molecule has 3 nitrogen and oxygen atoms in total. The van der Waals surface area contributed by atoms with Crippen LogP contribution in [0, 0.1) is 0 Å². The van der Waals surface area contributed by atoms with Crippen LogP contribution in [0.1, 0.15) is 0 Å². The SMILES string of the molecule is [NH3+]CCOc1ccncc1. The van der Waals surface area contributed by atoms with E-state index >= 15 is 0 Å². The molecular formula is C7H11N2O+. The quantitative estimate of drug-likeness (QED) is 0.625. The predicted octanol–water partition coefficient (Wildman–Crippen LogP) is -0.298. The summed E-state index contributed by atoms with van der Waals surface area (Å²) in [6, 6.07) is 3.66. The third-order valence-corrected chi connectivity index (χ3v) is 1.06. The van der Waals surface area contributed by atoms with Crippen LogP contribution in [0.3, 0.4) is 0 Å². The molecule has 0 aliphatic heterocycles. The zero-order chi connectivity index (χ0) is 7.23. The summed E-state index contributed by atoms with van der Waals surface area (Å²) >= 11 is 0. The molecule has 0 saturated carbocycles. The van der Waals surface area contributed by atoms with Gasteiger partial charge in [0.2, 0.25) is 0 Å². The zero-order valence-corrected chi connectivity index (χ0v) is 5.79. The first-order valence-corrected chi connectivity index (χ1v) is 3.25. The monoisotopic (exact) mass is 139 g/mol. The molecule has 0 atom stereocenters. The fourth-order valence-electron chi connectivity index (χ4n) is 0.624. The van der Waals surface area contributed by atoms with Gasteiger partial charge in [-0.05, 0) is 12.1 Å². The number of aromatic nitrogens is 1. The largest absolute Gasteiger partial charge is 0.488 e. The van der Waals surface area contributed by atoms with Gasteiger partial charge in [-0.1, -0.05) is 0 Å². The van der Waals surface area contributed by atoms with Crippen LogP contribution in [-0.2, 0) is 0 Å². The maximum atomic E-state index is 5.25. The Bertz CT molecular complexity index is 176. The molecule has 1 aromatic heterocycles. The molecule has 0 aliphatic carbocycles. The van der Waals surface area contributed by atoms with Crippen LogP contribution in [-0.4, -0.2) is 18.1 Å². The minimum Gasteiger partial charge on any atom is -0.488 e. The van der Waals surface area contributed by atoms with Crippen LogP contribution >= 0.6 is 0 Å². The minimum atomic E-state index is 0.671. The highest BCUT2D eigenvalue weighted by molar-refractivity contribution is 5.16. The molecule has 0 bridgehead atoms. The highest BCUT2D eigenvalue weighted by Gasteiger charge is 1.88. The summed E-state index contributed by atoms with van der Waals surface area (Å²) in [5, 5.41) is 0. The topological polar surface area (TPSA) is 49.8 Å². The molecule has 0 fully saturated rings. The molecule has 0 aromatic carbocycles. The smallest absolute Gasteiger partial charge is 0.137 e. The van der Waals surface area contributed by atoms with Crippen LogP contribution in [0.4, 0.5) is 0 Å². The summed E-state index contributed by atoms with van der Waals surface area (Å²) in [6.45, 7) is 1.46. The predicted molar refractivity (Wildman–Crippen MR) is 37.5 cm³/mol. The van der Waals surface area contributed by atoms with Crippen molar-refractivity contribution in [3.05, 3.63) is 24.5 Å². The van der Waals surface area contributed by atoms with E-state index < -0.39 is 0 Å². The standard InChI is InChI=1S/C7H10N2O/c8-3-6-10-7-1-4-9-5-2-7/h1-2,4-5H,3,6,8H2/p+1. The number of nitrogens with zero attached hydrogens (tertiary/aromatic N) is 1.